The van der Waals surface area contributed by atoms with E-state index in [-0.39, 0.29) is 30.4 Å². The van der Waals surface area contributed by atoms with E-state index in [9.17, 15) is 9.59 Å². The molecule has 0 radical (unpaired) electrons. The summed E-state index contributed by atoms with van der Waals surface area (Å²) in [5.74, 6) is 2.21. The first kappa shape index (κ1) is 15.6. The van der Waals surface area contributed by atoms with Crippen LogP contribution < -0.4 is 5.32 Å². The van der Waals surface area contributed by atoms with E-state index in [1.54, 1.807) is 6.08 Å². The summed E-state index contributed by atoms with van der Waals surface area (Å²) in [5.41, 5.74) is 0.230. The van der Waals surface area contributed by atoms with Gasteiger partial charge in [0.15, 0.2) is 0 Å². The monoisotopic (exact) mass is 305 g/mol. The van der Waals surface area contributed by atoms with E-state index in [4.69, 9.17) is 4.74 Å². The van der Waals surface area contributed by atoms with Crippen LogP contribution >= 0.6 is 0 Å². The van der Waals surface area contributed by atoms with Crippen LogP contribution in [0, 0.1) is 23.2 Å². The van der Waals surface area contributed by atoms with Gasteiger partial charge in [0.1, 0.15) is 13.2 Å². The van der Waals surface area contributed by atoms with Crippen molar-refractivity contribution in [2.75, 3.05) is 13.2 Å². The van der Waals surface area contributed by atoms with E-state index in [1.165, 1.54) is 38.5 Å². The van der Waals surface area contributed by atoms with Gasteiger partial charge in [-0.3, -0.25) is 9.59 Å². The zero-order valence-corrected chi connectivity index (χ0v) is 13.5. The normalized spacial score (nSPS) is 35.8. The molecule has 4 bridgehead atoms. The highest BCUT2D eigenvalue weighted by Gasteiger charge is 2.51. The minimum Gasteiger partial charge on any atom is -0.460 e. The van der Waals surface area contributed by atoms with Crippen molar-refractivity contribution < 1.29 is 14.3 Å². The third-order valence-electron chi connectivity index (χ3n) is 5.71. The number of esters is 1. The molecule has 0 aromatic heterocycles. The number of ether oxygens (including phenoxy) is 1. The summed E-state index contributed by atoms with van der Waals surface area (Å²) in [6, 6.07) is 0. The quantitative estimate of drug-likeness (QED) is 0.606. The summed E-state index contributed by atoms with van der Waals surface area (Å²) in [6.07, 6.45) is 12.0. The topological polar surface area (TPSA) is 55.4 Å². The van der Waals surface area contributed by atoms with Crippen molar-refractivity contribution in [2.24, 2.45) is 23.2 Å². The number of carbonyl (C=O) groups is 2. The highest BCUT2D eigenvalue weighted by atomic mass is 16.5. The average Bonchev–Trinajstić information content (AvgIpc) is 2.43. The molecule has 1 N–H and O–H groups in total. The Labute approximate surface area is 132 Å². The standard InChI is InChI=1S/C18H27NO3/c1-2-3-4-22-17(21)12-19-16(20)11-18-8-13-5-14(9-18)7-15(6-13)10-18/h2-3,13-15H,4-12H2,1H3,(H,19,20)/b3-2+. The van der Waals surface area contributed by atoms with Gasteiger partial charge in [-0.15, -0.1) is 0 Å². The van der Waals surface area contributed by atoms with Crippen molar-refractivity contribution in [1.29, 1.82) is 0 Å². The number of carbonyl (C=O) groups excluding carboxylic acids is 2. The molecule has 0 spiro atoms. The second-order valence-corrected chi connectivity index (χ2v) is 7.62. The molecular formula is C18H27NO3. The molecular weight excluding hydrogens is 278 g/mol. The van der Waals surface area contributed by atoms with Crippen LogP contribution in [0.5, 0.6) is 0 Å². The number of rotatable bonds is 6. The maximum absolute atomic E-state index is 12.2. The molecule has 0 aromatic carbocycles. The van der Waals surface area contributed by atoms with Gasteiger partial charge in [0.25, 0.3) is 0 Å². The third kappa shape index (κ3) is 3.53. The predicted octanol–water partition coefficient (Wildman–Crippen LogP) is 2.83. The lowest BCUT2D eigenvalue weighted by atomic mass is 9.49. The minimum atomic E-state index is -0.364. The Morgan fingerprint density at radius 1 is 1.14 bits per heavy atom. The van der Waals surface area contributed by atoms with Crippen LogP contribution in [-0.2, 0) is 14.3 Å². The highest BCUT2D eigenvalue weighted by molar-refractivity contribution is 5.82. The van der Waals surface area contributed by atoms with E-state index >= 15 is 0 Å². The molecule has 122 valence electrons. The number of hydrogen-bond donors (Lipinski definition) is 1. The molecule has 0 heterocycles. The van der Waals surface area contributed by atoms with Crippen LogP contribution in [0.15, 0.2) is 12.2 Å². The first-order valence-electron chi connectivity index (χ1n) is 8.62. The number of hydrogen-bond acceptors (Lipinski definition) is 3. The van der Waals surface area contributed by atoms with Crippen LogP contribution in [0.4, 0.5) is 0 Å². The zero-order valence-electron chi connectivity index (χ0n) is 13.5. The molecule has 0 aliphatic heterocycles. The van der Waals surface area contributed by atoms with Gasteiger partial charge in [0.05, 0.1) is 0 Å². The molecule has 0 atom stereocenters. The molecule has 4 rings (SSSR count). The van der Waals surface area contributed by atoms with Gasteiger partial charge in [-0.25, -0.2) is 0 Å². The second kappa shape index (κ2) is 6.43. The molecule has 1 amide bonds. The van der Waals surface area contributed by atoms with Gasteiger partial charge >= 0.3 is 5.97 Å². The van der Waals surface area contributed by atoms with Gasteiger partial charge in [0, 0.05) is 6.42 Å². The largest absolute Gasteiger partial charge is 0.460 e. The van der Waals surface area contributed by atoms with Crippen LogP contribution in [0.1, 0.15) is 51.9 Å². The van der Waals surface area contributed by atoms with E-state index in [0.29, 0.717) is 6.42 Å². The second-order valence-electron chi connectivity index (χ2n) is 7.62. The fraction of sp³-hybridized carbons (Fsp3) is 0.778. The highest BCUT2D eigenvalue weighted by Crippen LogP contribution is 2.61. The molecule has 0 saturated heterocycles. The van der Waals surface area contributed by atoms with Gasteiger partial charge < -0.3 is 10.1 Å². The number of amides is 1. The number of allylic oxidation sites excluding steroid dienone is 1. The SMILES string of the molecule is C/C=C/COC(=O)CNC(=O)CC12CC3CC(CC(C3)C1)C2. The van der Waals surface area contributed by atoms with Gasteiger partial charge in [0.2, 0.25) is 5.91 Å². The van der Waals surface area contributed by atoms with Gasteiger partial charge in [-0.2, -0.15) is 0 Å². The van der Waals surface area contributed by atoms with Gasteiger partial charge in [-0.05, 0) is 68.6 Å². The van der Waals surface area contributed by atoms with Crippen molar-refractivity contribution in [1.82, 2.24) is 5.32 Å². The van der Waals surface area contributed by atoms with Crippen LogP contribution in [0.25, 0.3) is 0 Å². The lowest BCUT2D eigenvalue weighted by Crippen LogP contribution is -2.48. The molecule has 4 fully saturated rings. The third-order valence-corrected chi connectivity index (χ3v) is 5.71. The van der Waals surface area contributed by atoms with Crippen molar-refractivity contribution in [3.05, 3.63) is 12.2 Å². The maximum Gasteiger partial charge on any atom is 0.325 e. The predicted molar refractivity (Wildman–Crippen MR) is 84.0 cm³/mol. The summed E-state index contributed by atoms with van der Waals surface area (Å²) in [5, 5.41) is 2.75. The van der Waals surface area contributed by atoms with E-state index < -0.39 is 0 Å². The Balaban J connectivity index is 1.45. The van der Waals surface area contributed by atoms with E-state index in [0.717, 1.165) is 17.8 Å². The Hall–Kier alpha value is -1.32. The molecule has 0 unspecified atom stereocenters. The van der Waals surface area contributed by atoms with Crippen molar-refractivity contribution in [2.45, 2.75) is 51.9 Å². The average molecular weight is 305 g/mol. The van der Waals surface area contributed by atoms with Crippen molar-refractivity contribution in [3.63, 3.8) is 0 Å². The first-order chi connectivity index (χ1) is 10.6. The Morgan fingerprint density at radius 2 is 1.73 bits per heavy atom. The fourth-order valence-corrected chi connectivity index (χ4v) is 5.37. The Bertz CT molecular complexity index is 434. The molecule has 4 nitrogen and oxygen atoms in total. The zero-order chi connectivity index (χ0) is 15.6. The molecule has 22 heavy (non-hydrogen) atoms. The number of nitrogens with one attached hydrogen (secondary N) is 1. The first-order valence-corrected chi connectivity index (χ1v) is 8.62. The molecule has 4 saturated carbocycles. The van der Waals surface area contributed by atoms with Gasteiger partial charge in [-0.1, -0.05) is 12.2 Å². The lowest BCUT2D eigenvalue weighted by molar-refractivity contribution is -0.143. The Kier molecular flexibility index (Phi) is 4.55. The molecule has 0 aromatic rings. The molecule has 4 heteroatoms. The van der Waals surface area contributed by atoms with E-state index in [1.807, 2.05) is 13.0 Å². The lowest BCUT2D eigenvalue weighted by Gasteiger charge is -2.56. The minimum absolute atomic E-state index is 0.0112. The maximum atomic E-state index is 12.2. The Morgan fingerprint density at radius 3 is 2.27 bits per heavy atom. The summed E-state index contributed by atoms with van der Waals surface area (Å²) in [7, 11) is 0. The summed E-state index contributed by atoms with van der Waals surface area (Å²) in [6.45, 7) is 2.14. The van der Waals surface area contributed by atoms with Crippen LogP contribution in [0.3, 0.4) is 0 Å². The fourth-order valence-electron chi connectivity index (χ4n) is 5.37. The van der Waals surface area contributed by atoms with Crippen LogP contribution in [-0.4, -0.2) is 25.0 Å². The molecule has 4 aliphatic carbocycles. The smallest absolute Gasteiger partial charge is 0.325 e. The summed E-state index contributed by atoms with van der Waals surface area (Å²) in [4.78, 5) is 23.7. The summed E-state index contributed by atoms with van der Waals surface area (Å²) >= 11 is 0. The van der Waals surface area contributed by atoms with Crippen molar-refractivity contribution >= 4 is 11.9 Å². The molecule has 4 aliphatic rings. The van der Waals surface area contributed by atoms with Crippen molar-refractivity contribution in [3.8, 4) is 0 Å². The summed E-state index contributed by atoms with van der Waals surface area (Å²) < 4.78 is 4.99. The van der Waals surface area contributed by atoms with Crippen LogP contribution in [0.2, 0.25) is 0 Å². The van der Waals surface area contributed by atoms with E-state index in [2.05, 4.69) is 5.32 Å².